The summed E-state index contributed by atoms with van der Waals surface area (Å²) >= 11 is 0. The van der Waals surface area contributed by atoms with Crippen molar-refractivity contribution in [2.45, 2.75) is 6.92 Å². The standard InChI is InChI=1S/C23H24N6/c1-16-4-2-3-5-19(16)21-14-26-22(24)23-27-20(15-29(21)23)17-6-8-18(9-7-17)28-12-10-25-11-13-28/h2-9,14-15,25H,10-13H2,1H3,(H2,24,26). The first-order chi connectivity index (χ1) is 14.2. The number of piperazine rings is 1. The number of rotatable bonds is 3. The Balaban J connectivity index is 1.55. The van der Waals surface area contributed by atoms with Crippen molar-refractivity contribution in [1.29, 1.82) is 0 Å². The van der Waals surface area contributed by atoms with Crippen molar-refractivity contribution < 1.29 is 0 Å². The maximum absolute atomic E-state index is 6.15. The predicted molar refractivity (Wildman–Crippen MR) is 118 cm³/mol. The molecule has 0 radical (unpaired) electrons. The van der Waals surface area contributed by atoms with Crippen molar-refractivity contribution in [3.8, 4) is 22.5 Å². The van der Waals surface area contributed by atoms with Gasteiger partial charge in [0.15, 0.2) is 11.5 Å². The minimum atomic E-state index is 0.436. The van der Waals surface area contributed by atoms with Crippen LogP contribution in [0.5, 0.6) is 0 Å². The van der Waals surface area contributed by atoms with Gasteiger partial charge in [-0.05, 0) is 24.6 Å². The van der Waals surface area contributed by atoms with Crippen LogP contribution in [0.25, 0.3) is 28.2 Å². The number of hydrogen-bond donors (Lipinski definition) is 2. The third-order valence-corrected chi connectivity index (χ3v) is 5.59. The van der Waals surface area contributed by atoms with E-state index in [9.17, 15) is 0 Å². The molecule has 2 aromatic heterocycles. The first-order valence-corrected chi connectivity index (χ1v) is 9.96. The fourth-order valence-electron chi connectivity index (χ4n) is 3.96. The molecule has 0 aliphatic carbocycles. The Hall–Kier alpha value is -3.38. The summed E-state index contributed by atoms with van der Waals surface area (Å²) < 4.78 is 2.05. The molecular formula is C23H24N6. The average molecular weight is 384 g/mol. The first-order valence-electron chi connectivity index (χ1n) is 9.96. The van der Waals surface area contributed by atoms with Gasteiger partial charge in [0.25, 0.3) is 0 Å². The van der Waals surface area contributed by atoms with Crippen molar-refractivity contribution in [3.05, 3.63) is 66.5 Å². The van der Waals surface area contributed by atoms with Gasteiger partial charge in [0.05, 0.1) is 17.6 Å². The third kappa shape index (κ3) is 3.21. The molecule has 4 aromatic rings. The van der Waals surface area contributed by atoms with Crippen molar-refractivity contribution >= 4 is 17.2 Å². The largest absolute Gasteiger partial charge is 0.381 e. The van der Waals surface area contributed by atoms with E-state index in [0.717, 1.165) is 48.7 Å². The van der Waals surface area contributed by atoms with Crippen LogP contribution in [0.1, 0.15) is 5.56 Å². The topological polar surface area (TPSA) is 71.5 Å². The zero-order valence-electron chi connectivity index (χ0n) is 16.5. The Kier molecular flexibility index (Phi) is 4.41. The number of fused-ring (bicyclic) bond motifs is 1. The van der Waals surface area contributed by atoms with Crippen LogP contribution in [0.2, 0.25) is 0 Å². The van der Waals surface area contributed by atoms with Gasteiger partial charge in [-0.1, -0.05) is 36.4 Å². The molecule has 2 aromatic carbocycles. The summed E-state index contributed by atoms with van der Waals surface area (Å²) in [7, 11) is 0. The SMILES string of the molecule is Cc1ccccc1-c1cnc(N)c2nc(-c3ccc(N4CCNCC4)cc3)cn12. The highest BCUT2D eigenvalue weighted by Gasteiger charge is 2.14. The summed E-state index contributed by atoms with van der Waals surface area (Å²) in [5, 5.41) is 3.39. The Morgan fingerprint density at radius 1 is 1.00 bits per heavy atom. The number of aromatic nitrogens is 3. The molecule has 0 atom stereocenters. The summed E-state index contributed by atoms with van der Waals surface area (Å²) in [6, 6.07) is 16.9. The fraction of sp³-hybridized carbons (Fsp3) is 0.217. The Morgan fingerprint density at radius 3 is 2.52 bits per heavy atom. The van der Waals surface area contributed by atoms with E-state index in [1.165, 1.54) is 11.3 Å². The summed E-state index contributed by atoms with van der Waals surface area (Å²) in [5.41, 5.74) is 13.4. The van der Waals surface area contributed by atoms with Gasteiger partial charge in [0, 0.05) is 49.2 Å². The molecule has 0 saturated carbocycles. The quantitative estimate of drug-likeness (QED) is 0.567. The molecule has 1 aliphatic rings. The van der Waals surface area contributed by atoms with Gasteiger partial charge in [0.1, 0.15) is 0 Å². The van der Waals surface area contributed by atoms with Gasteiger partial charge >= 0.3 is 0 Å². The van der Waals surface area contributed by atoms with Crippen LogP contribution in [-0.4, -0.2) is 40.5 Å². The Morgan fingerprint density at radius 2 is 1.76 bits per heavy atom. The van der Waals surface area contributed by atoms with E-state index in [0.29, 0.717) is 11.5 Å². The molecule has 3 N–H and O–H groups in total. The van der Waals surface area contributed by atoms with Gasteiger partial charge in [0.2, 0.25) is 0 Å². The minimum Gasteiger partial charge on any atom is -0.381 e. The van der Waals surface area contributed by atoms with Crippen LogP contribution in [0.15, 0.2) is 60.9 Å². The second kappa shape index (κ2) is 7.22. The molecule has 6 heteroatoms. The zero-order valence-corrected chi connectivity index (χ0v) is 16.5. The number of nitrogens with zero attached hydrogens (tertiary/aromatic N) is 4. The smallest absolute Gasteiger partial charge is 0.180 e. The van der Waals surface area contributed by atoms with Crippen LogP contribution >= 0.6 is 0 Å². The first kappa shape index (κ1) is 17.7. The van der Waals surface area contributed by atoms with Gasteiger partial charge in [-0.3, -0.25) is 4.40 Å². The number of aryl methyl sites for hydroxylation is 1. The lowest BCUT2D eigenvalue weighted by atomic mass is 10.1. The molecule has 1 aliphatic heterocycles. The van der Waals surface area contributed by atoms with E-state index in [-0.39, 0.29) is 0 Å². The van der Waals surface area contributed by atoms with Gasteiger partial charge in [-0.25, -0.2) is 9.97 Å². The van der Waals surface area contributed by atoms with E-state index in [1.54, 1.807) is 0 Å². The highest BCUT2D eigenvalue weighted by atomic mass is 15.2. The molecule has 1 saturated heterocycles. The number of hydrogen-bond acceptors (Lipinski definition) is 5. The van der Waals surface area contributed by atoms with Gasteiger partial charge in [-0.15, -0.1) is 0 Å². The molecule has 0 amide bonds. The molecule has 146 valence electrons. The summed E-state index contributed by atoms with van der Waals surface area (Å²) in [5.74, 6) is 0.436. The minimum absolute atomic E-state index is 0.436. The molecule has 5 rings (SSSR count). The average Bonchev–Trinajstić information content (AvgIpc) is 3.22. The van der Waals surface area contributed by atoms with E-state index >= 15 is 0 Å². The van der Waals surface area contributed by atoms with E-state index in [2.05, 4.69) is 64.7 Å². The zero-order chi connectivity index (χ0) is 19.8. The molecule has 1 fully saturated rings. The number of nitrogens with two attached hydrogens (primary N) is 1. The molecule has 6 nitrogen and oxygen atoms in total. The van der Waals surface area contributed by atoms with Crippen molar-refractivity contribution in [1.82, 2.24) is 19.7 Å². The second-order valence-electron chi connectivity index (χ2n) is 7.45. The fourth-order valence-corrected chi connectivity index (χ4v) is 3.96. The predicted octanol–water partition coefficient (Wildman–Crippen LogP) is 3.36. The lowest BCUT2D eigenvalue weighted by molar-refractivity contribution is 0.589. The number of anilines is 2. The van der Waals surface area contributed by atoms with Crippen LogP contribution in [0, 0.1) is 6.92 Å². The number of imidazole rings is 1. The van der Waals surface area contributed by atoms with Crippen molar-refractivity contribution in [2.75, 3.05) is 36.8 Å². The van der Waals surface area contributed by atoms with E-state index in [1.807, 2.05) is 22.7 Å². The van der Waals surface area contributed by atoms with Crippen molar-refractivity contribution in [2.24, 2.45) is 0 Å². The normalized spacial score (nSPS) is 14.4. The molecule has 0 bridgehead atoms. The van der Waals surface area contributed by atoms with Crippen LogP contribution in [0.4, 0.5) is 11.5 Å². The third-order valence-electron chi connectivity index (χ3n) is 5.59. The van der Waals surface area contributed by atoms with Crippen molar-refractivity contribution in [3.63, 3.8) is 0 Å². The second-order valence-corrected chi connectivity index (χ2v) is 7.45. The number of benzene rings is 2. The van der Waals surface area contributed by atoms with Crippen LogP contribution in [-0.2, 0) is 0 Å². The highest BCUT2D eigenvalue weighted by molar-refractivity contribution is 5.75. The monoisotopic (exact) mass is 384 g/mol. The highest BCUT2D eigenvalue weighted by Crippen LogP contribution is 2.29. The molecule has 3 heterocycles. The Labute approximate surface area is 170 Å². The van der Waals surface area contributed by atoms with E-state index in [4.69, 9.17) is 10.7 Å². The van der Waals surface area contributed by atoms with E-state index < -0.39 is 0 Å². The molecular weight excluding hydrogens is 360 g/mol. The molecule has 0 unspecified atom stereocenters. The van der Waals surface area contributed by atoms with Crippen LogP contribution in [0.3, 0.4) is 0 Å². The van der Waals surface area contributed by atoms with Crippen LogP contribution < -0.4 is 16.0 Å². The lowest BCUT2D eigenvalue weighted by Crippen LogP contribution is -2.43. The number of nitrogen functional groups attached to an aromatic ring is 1. The maximum atomic E-state index is 6.15. The molecule has 0 spiro atoms. The number of nitrogens with one attached hydrogen (secondary N) is 1. The van der Waals surface area contributed by atoms with Gasteiger partial charge < -0.3 is 16.0 Å². The lowest BCUT2D eigenvalue weighted by Gasteiger charge is -2.29. The summed E-state index contributed by atoms with van der Waals surface area (Å²) in [6.45, 7) is 6.24. The summed E-state index contributed by atoms with van der Waals surface area (Å²) in [4.78, 5) is 11.6. The molecule has 29 heavy (non-hydrogen) atoms. The Bertz CT molecular complexity index is 1160. The van der Waals surface area contributed by atoms with Gasteiger partial charge in [-0.2, -0.15) is 0 Å². The maximum Gasteiger partial charge on any atom is 0.180 e. The summed E-state index contributed by atoms with van der Waals surface area (Å²) in [6.07, 6.45) is 3.87.